The molecule has 32 heavy (non-hydrogen) atoms. The highest BCUT2D eigenvalue weighted by molar-refractivity contribution is 7.12. The summed E-state index contributed by atoms with van der Waals surface area (Å²) in [6.45, 7) is 3.43. The third-order valence-corrected chi connectivity index (χ3v) is 6.17. The van der Waals surface area contributed by atoms with Gasteiger partial charge in [-0.25, -0.2) is 4.98 Å². The van der Waals surface area contributed by atoms with E-state index in [9.17, 15) is 19.6 Å². The van der Waals surface area contributed by atoms with Crippen LogP contribution in [0.3, 0.4) is 0 Å². The molecule has 1 aliphatic rings. The van der Waals surface area contributed by atoms with E-state index >= 15 is 0 Å². The molecule has 0 unspecified atom stereocenters. The molecule has 1 amide bonds. The number of anilines is 1. The maximum absolute atomic E-state index is 13.1. The summed E-state index contributed by atoms with van der Waals surface area (Å²) in [5.41, 5.74) is 0.173. The molecule has 0 radical (unpaired) electrons. The number of piperazine rings is 1. The van der Waals surface area contributed by atoms with Gasteiger partial charge in [0.05, 0.1) is 17.2 Å². The highest BCUT2D eigenvalue weighted by Gasteiger charge is 2.28. The average Bonchev–Trinajstić information content (AvgIpc) is 3.35. The number of rotatable bonds is 5. The number of fused-ring (bicyclic) bond motifs is 1. The summed E-state index contributed by atoms with van der Waals surface area (Å²) in [5.74, 6) is -0.588. The Morgan fingerprint density at radius 3 is 2.66 bits per heavy atom. The van der Waals surface area contributed by atoms with Gasteiger partial charge in [0.2, 0.25) is 0 Å². The minimum atomic E-state index is -0.584. The van der Waals surface area contributed by atoms with Crippen molar-refractivity contribution in [1.82, 2.24) is 14.5 Å². The van der Waals surface area contributed by atoms with Crippen molar-refractivity contribution in [1.29, 1.82) is 5.26 Å². The third kappa shape index (κ3) is 3.94. The monoisotopic (exact) mass is 451 g/mol. The second kappa shape index (κ2) is 9.20. The zero-order valence-corrected chi connectivity index (χ0v) is 18.3. The van der Waals surface area contributed by atoms with Crippen molar-refractivity contribution in [3.8, 4) is 6.07 Å². The normalized spacial score (nSPS) is 13.8. The molecule has 0 atom stereocenters. The highest BCUT2D eigenvalue weighted by atomic mass is 32.1. The van der Waals surface area contributed by atoms with Crippen LogP contribution >= 0.6 is 11.3 Å². The van der Waals surface area contributed by atoms with Gasteiger partial charge in [-0.05, 0) is 30.5 Å². The second-order valence-corrected chi connectivity index (χ2v) is 8.11. The van der Waals surface area contributed by atoms with Crippen LogP contribution in [0.5, 0.6) is 0 Å². The summed E-state index contributed by atoms with van der Waals surface area (Å²) >= 11 is 1.40. The maximum Gasteiger partial charge on any atom is 0.326 e. The predicted molar refractivity (Wildman–Crippen MR) is 120 cm³/mol. The Morgan fingerprint density at radius 1 is 1.22 bits per heavy atom. The number of esters is 1. The van der Waals surface area contributed by atoms with Gasteiger partial charge in [0.25, 0.3) is 11.5 Å². The molecule has 0 spiro atoms. The van der Waals surface area contributed by atoms with E-state index < -0.39 is 11.5 Å². The van der Waals surface area contributed by atoms with E-state index in [2.05, 4.69) is 4.98 Å². The Balaban J connectivity index is 1.69. The molecule has 3 aromatic heterocycles. The van der Waals surface area contributed by atoms with E-state index in [0.29, 0.717) is 47.8 Å². The van der Waals surface area contributed by atoms with Crippen LogP contribution in [-0.4, -0.2) is 59.1 Å². The summed E-state index contributed by atoms with van der Waals surface area (Å²) in [6, 6.07) is 9.17. The molecule has 0 N–H and O–H groups in total. The fraction of sp³-hybridized carbons (Fsp3) is 0.318. The van der Waals surface area contributed by atoms with Gasteiger partial charge >= 0.3 is 5.97 Å². The first-order valence-electron chi connectivity index (χ1n) is 10.2. The van der Waals surface area contributed by atoms with Gasteiger partial charge in [-0.3, -0.25) is 19.0 Å². The quantitative estimate of drug-likeness (QED) is 0.545. The molecule has 1 fully saturated rings. The molecule has 9 nitrogen and oxygen atoms in total. The van der Waals surface area contributed by atoms with Crippen LogP contribution in [0, 0.1) is 11.3 Å². The van der Waals surface area contributed by atoms with E-state index in [1.165, 1.54) is 22.1 Å². The number of nitriles is 1. The smallest absolute Gasteiger partial charge is 0.326 e. The van der Waals surface area contributed by atoms with E-state index in [1.54, 1.807) is 30.0 Å². The number of hydrogen-bond acceptors (Lipinski definition) is 8. The van der Waals surface area contributed by atoms with Crippen molar-refractivity contribution in [3.63, 3.8) is 0 Å². The van der Waals surface area contributed by atoms with E-state index in [0.717, 1.165) is 0 Å². The van der Waals surface area contributed by atoms with Crippen molar-refractivity contribution in [2.24, 2.45) is 0 Å². The summed E-state index contributed by atoms with van der Waals surface area (Å²) in [7, 11) is 0. The number of hydrogen-bond donors (Lipinski definition) is 0. The number of nitrogens with zero attached hydrogens (tertiary/aromatic N) is 5. The van der Waals surface area contributed by atoms with Crippen molar-refractivity contribution < 1.29 is 14.3 Å². The number of carbonyl (C=O) groups excluding carboxylic acids is 2. The Labute approximate surface area is 188 Å². The van der Waals surface area contributed by atoms with Crippen molar-refractivity contribution in [2.45, 2.75) is 13.5 Å². The highest BCUT2D eigenvalue weighted by Crippen LogP contribution is 2.29. The van der Waals surface area contributed by atoms with Crippen molar-refractivity contribution in [2.75, 3.05) is 37.7 Å². The number of carbonyl (C=O) groups is 2. The molecule has 0 aromatic carbocycles. The van der Waals surface area contributed by atoms with Crippen LogP contribution in [0.25, 0.3) is 11.0 Å². The van der Waals surface area contributed by atoms with Crippen LogP contribution in [0.4, 0.5) is 5.69 Å². The van der Waals surface area contributed by atoms with Crippen LogP contribution in [-0.2, 0) is 16.1 Å². The maximum atomic E-state index is 13.1. The zero-order chi connectivity index (χ0) is 22.7. The Hall–Kier alpha value is -3.71. The Kier molecular flexibility index (Phi) is 6.18. The number of pyridine rings is 2. The summed E-state index contributed by atoms with van der Waals surface area (Å²) in [4.78, 5) is 46.6. The van der Waals surface area contributed by atoms with Gasteiger partial charge in [0.15, 0.2) is 0 Å². The predicted octanol–water partition coefficient (Wildman–Crippen LogP) is 1.86. The molecule has 10 heteroatoms. The molecule has 0 bridgehead atoms. The molecule has 3 aromatic rings. The van der Waals surface area contributed by atoms with Gasteiger partial charge in [0.1, 0.15) is 23.8 Å². The first-order chi connectivity index (χ1) is 15.5. The SMILES string of the molecule is CCOC(=O)Cn1c(=O)c(C#N)c(N2CCN(C(=O)c3cccs3)CC2)c2cccnc21. The second-order valence-electron chi connectivity index (χ2n) is 7.16. The molecule has 0 saturated carbocycles. The van der Waals surface area contributed by atoms with Gasteiger partial charge in [-0.2, -0.15) is 5.26 Å². The first-order valence-corrected chi connectivity index (χ1v) is 11.1. The number of aromatic nitrogens is 2. The standard InChI is InChI=1S/C22H21N5O4S/c1-2-31-18(28)14-27-20-15(5-3-7-24-20)19(16(13-23)21(27)29)25-8-10-26(11-9-25)22(30)17-6-4-12-32-17/h3-7,12H,2,8-11,14H2,1H3. The van der Waals surface area contributed by atoms with E-state index in [-0.39, 0.29) is 24.6 Å². The summed E-state index contributed by atoms with van der Waals surface area (Å²) in [6.07, 6.45) is 1.54. The molecule has 4 rings (SSSR count). The average molecular weight is 452 g/mol. The molecular formula is C22H21N5O4S. The lowest BCUT2D eigenvalue weighted by Crippen LogP contribution is -2.49. The van der Waals surface area contributed by atoms with Gasteiger partial charge in [-0.1, -0.05) is 6.07 Å². The van der Waals surface area contributed by atoms with Crippen molar-refractivity contribution >= 4 is 39.9 Å². The fourth-order valence-electron chi connectivity index (χ4n) is 3.86. The van der Waals surface area contributed by atoms with Gasteiger partial charge < -0.3 is 14.5 Å². The van der Waals surface area contributed by atoms with E-state index in [4.69, 9.17) is 4.74 Å². The zero-order valence-electron chi connectivity index (χ0n) is 17.5. The Bertz CT molecular complexity index is 1250. The largest absolute Gasteiger partial charge is 0.465 e. The van der Waals surface area contributed by atoms with E-state index in [1.807, 2.05) is 22.4 Å². The molecular weight excluding hydrogens is 430 g/mol. The molecule has 1 aliphatic heterocycles. The van der Waals surface area contributed by atoms with Crippen LogP contribution < -0.4 is 10.5 Å². The number of thiophene rings is 1. The van der Waals surface area contributed by atoms with Crippen LogP contribution in [0.1, 0.15) is 22.2 Å². The Morgan fingerprint density at radius 2 is 2.00 bits per heavy atom. The lowest BCUT2D eigenvalue weighted by Gasteiger charge is -2.36. The minimum Gasteiger partial charge on any atom is -0.465 e. The molecule has 1 saturated heterocycles. The topological polar surface area (TPSA) is 109 Å². The van der Waals surface area contributed by atoms with Crippen LogP contribution in [0.15, 0.2) is 40.6 Å². The molecule has 4 heterocycles. The van der Waals surface area contributed by atoms with Gasteiger partial charge in [-0.15, -0.1) is 11.3 Å². The summed E-state index contributed by atoms with van der Waals surface area (Å²) in [5, 5.41) is 12.3. The minimum absolute atomic E-state index is 0.0171. The summed E-state index contributed by atoms with van der Waals surface area (Å²) < 4.78 is 6.16. The number of ether oxygens (including phenoxy) is 1. The first kappa shape index (κ1) is 21.5. The third-order valence-electron chi connectivity index (χ3n) is 5.31. The van der Waals surface area contributed by atoms with Crippen molar-refractivity contribution in [3.05, 3.63) is 56.6 Å². The lowest BCUT2D eigenvalue weighted by atomic mass is 10.1. The van der Waals surface area contributed by atoms with Crippen LogP contribution in [0.2, 0.25) is 0 Å². The number of amides is 1. The fourth-order valence-corrected chi connectivity index (χ4v) is 4.56. The van der Waals surface area contributed by atoms with Gasteiger partial charge in [0, 0.05) is 37.8 Å². The molecule has 164 valence electrons. The molecule has 0 aliphatic carbocycles. The lowest BCUT2D eigenvalue weighted by molar-refractivity contribution is -0.143.